The number of nitrogens with one attached hydrogen (secondary N) is 1. The van der Waals surface area contributed by atoms with E-state index in [0.29, 0.717) is 0 Å². The number of aliphatic carboxylic acids is 1. The molecule has 0 saturated carbocycles. The molecule has 2 unspecified atom stereocenters. The van der Waals surface area contributed by atoms with Gasteiger partial charge in [0.15, 0.2) is 0 Å². The van der Waals surface area contributed by atoms with Crippen molar-refractivity contribution in [3.8, 4) is 0 Å². The molecule has 0 bridgehead atoms. The maximum absolute atomic E-state index is 12.3. The highest BCUT2D eigenvalue weighted by Gasteiger charge is 2.19. The SMILES string of the molecule is CCC(NC(=O)c1ccn(C(C)C(=O)O)n1)c1ccc(C)cc1. The summed E-state index contributed by atoms with van der Waals surface area (Å²) < 4.78 is 1.27. The van der Waals surface area contributed by atoms with Crippen LogP contribution in [0.1, 0.15) is 54.0 Å². The van der Waals surface area contributed by atoms with Crippen molar-refractivity contribution in [2.45, 2.75) is 39.3 Å². The second-order valence-corrected chi connectivity index (χ2v) is 5.54. The van der Waals surface area contributed by atoms with Gasteiger partial charge in [0.05, 0.1) is 6.04 Å². The largest absolute Gasteiger partial charge is 0.480 e. The molecule has 23 heavy (non-hydrogen) atoms. The predicted octanol–water partition coefficient (Wildman–Crippen LogP) is 2.72. The fraction of sp³-hybridized carbons (Fsp3) is 0.353. The quantitative estimate of drug-likeness (QED) is 0.858. The first kappa shape index (κ1) is 16.7. The third-order valence-electron chi connectivity index (χ3n) is 3.79. The Morgan fingerprint density at radius 3 is 2.48 bits per heavy atom. The molecule has 0 radical (unpaired) electrons. The van der Waals surface area contributed by atoms with Gasteiger partial charge in [0.25, 0.3) is 5.91 Å². The van der Waals surface area contributed by atoms with Crippen LogP contribution in [0.3, 0.4) is 0 Å². The van der Waals surface area contributed by atoms with Crippen molar-refractivity contribution in [1.29, 1.82) is 0 Å². The lowest BCUT2D eigenvalue weighted by Gasteiger charge is -2.17. The van der Waals surface area contributed by atoms with Gasteiger partial charge in [0.2, 0.25) is 0 Å². The third-order valence-corrected chi connectivity index (χ3v) is 3.79. The Balaban J connectivity index is 2.11. The van der Waals surface area contributed by atoms with Crippen LogP contribution in [0, 0.1) is 6.92 Å². The van der Waals surface area contributed by atoms with Gasteiger partial charge in [-0.2, -0.15) is 5.10 Å². The van der Waals surface area contributed by atoms with Gasteiger partial charge in [-0.1, -0.05) is 36.8 Å². The summed E-state index contributed by atoms with van der Waals surface area (Å²) in [7, 11) is 0. The molecule has 2 atom stereocenters. The zero-order valence-corrected chi connectivity index (χ0v) is 13.5. The number of carboxylic acids is 1. The molecule has 0 spiro atoms. The van der Waals surface area contributed by atoms with E-state index in [0.717, 1.165) is 17.5 Å². The minimum Gasteiger partial charge on any atom is -0.480 e. The van der Waals surface area contributed by atoms with Crippen LogP contribution in [0.2, 0.25) is 0 Å². The standard InChI is InChI=1S/C17H21N3O3/c1-4-14(13-7-5-11(2)6-8-13)18-16(21)15-9-10-20(19-15)12(3)17(22)23/h5-10,12,14H,4H2,1-3H3,(H,18,21)(H,22,23). The first-order valence-corrected chi connectivity index (χ1v) is 7.57. The number of carboxylic acid groups (broad SMARTS) is 1. The lowest BCUT2D eigenvalue weighted by Crippen LogP contribution is -2.29. The van der Waals surface area contributed by atoms with E-state index < -0.39 is 12.0 Å². The predicted molar refractivity (Wildman–Crippen MR) is 86.3 cm³/mol. The van der Waals surface area contributed by atoms with Crippen LogP contribution in [-0.2, 0) is 4.79 Å². The monoisotopic (exact) mass is 315 g/mol. The molecule has 6 heteroatoms. The molecule has 122 valence electrons. The van der Waals surface area contributed by atoms with Gasteiger partial charge in [-0.25, -0.2) is 4.79 Å². The van der Waals surface area contributed by atoms with E-state index in [1.807, 2.05) is 38.1 Å². The smallest absolute Gasteiger partial charge is 0.328 e. The zero-order valence-electron chi connectivity index (χ0n) is 13.5. The summed E-state index contributed by atoms with van der Waals surface area (Å²) in [6.07, 6.45) is 2.25. The topological polar surface area (TPSA) is 84.2 Å². The van der Waals surface area contributed by atoms with E-state index in [1.165, 1.54) is 23.9 Å². The first-order valence-electron chi connectivity index (χ1n) is 7.57. The van der Waals surface area contributed by atoms with E-state index in [4.69, 9.17) is 5.11 Å². The van der Waals surface area contributed by atoms with E-state index in [2.05, 4.69) is 10.4 Å². The van der Waals surface area contributed by atoms with E-state index in [1.54, 1.807) is 0 Å². The Morgan fingerprint density at radius 2 is 1.91 bits per heavy atom. The molecule has 0 fully saturated rings. The van der Waals surface area contributed by atoms with Gasteiger partial charge < -0.3 is 10.4 Å². The van der Waals surface area contributed by atoms with Crippen LogP contribution in [0.5, 0.6) is 0 Å². The van der Waals surface area contributed by atoms with Gasteiger partial charge in [0.1, 0.15) is 11.7 Å². The van der Waals surface area contributed by atoms with Crippen molar-refractivity contribution in [3.63, 3.8) is 0 Å². The van der Waals surface area contributed by atoms with Crippen molar-refractivity contribution in [1.82, 2.24) is 15.1 Å². The molecular formula is C17H21N3O3. The molecule has 2 rings (SSSR count). The van der Waals surface area contributed by atoms with Gasteiger partial charge in [-0.3, -0.25) is 9.48 Å². The van der Waals surface area contributed by atoms with Crippen LogP contribution in [0.25, 0.3) is 0 Å². The third kappa shape index (κ3) is 3.97. The van der Waals surface area contributed by atoms with Crippen LogP contribution in [-0.4, -0.2) is 26.8 Å². The van der Waals surface area contributed by atoms with Gasteiger partial charge in [0, 0.05) is 6.20 Å². The molecular weight excluding hydrogens is 294 g/mol. The van der Waals surface area contributed by atoms with E-state index in [9.17, 15) is 9.59 Å². The molecule has 1 amide bonds. The highest BCUT2D eigenvalue weighted by molar-refractivity contribution is 5.92. The molecule has 1 aromatic carbocycles. The number of aromatic nitrogens is 2. The van der Waals surface area contributed by atoms with Crippen molar-refractivity contribution < 1.29 is 14.7 Å². The number of carbonyl (C=O) groups is 2. The molecule has 6 nitrogen and oxygen atoms in total. The Bertz CT molecular complexity index is 691. The highest BCUT2D eigenvalue weighted by Crippen LogP contribution is 2.18. The van der Waals surface area contributed by atoms with Gasteiger partial charge in [-0.15, -0.1) is 0 Å². The Kier molecular flexibility index (Phi) is 5.16. The summed E-state index contributed by atoms with van der Waals surface area (Å²) in [6.45, 7) is 5.52. The van der Waals surface area contributed by atoms with Crippen LogP contribution in [0.4, 0.5) is 0 Å². The average Bonchev–Trinajstić information content (AvgIpc) is 3.02. The summed E-state index contributed by atoms with van der Waals surface area (Å²) in [5.41, 5.74) is 2.41. The van der Waals surface area contributed by atoms with E-state index in [-0.39, 0.29) is 17.6 Å². The molecule has 0 aliphatic rings. The number of nitrogens with zero attached hydrogens (tertiary/aromatic N) is 2. The number of rotatable bonds is 6. The number of amides is 1. The van der Waals surface area contributed by atoms with Crippen LogP contribution in [0.15, 0.2) is 36.5 Å². The summed E-state index contributed by atoms with van der Waals surface area (Å²) in [4.78, 5) is 23.3. The lowest BCUT2D eigenvalue weighted by atomic mass is 10.0. The van der Waals surface area contributed by atoms with Crippen molar-refractivity contribution in [3.05, 3.63) is 53.3 Å². The molecule has 2 N–H and O–H groups in total. The lowest BCUT2D eigenvalue weighted by molar-refractivity contribution is -0.140. The molecule has 0 aliphatic carbocycles. The minimum absolute atomic E-state index is 0.106. The van der Waals surface area contributed by atoms with Gasteiger partial charge in [-0.05, 0) is 31.9 Å². The van der Waals surface area contributed by atoms with Crippen molar-refractivity contribution in [2.75, 3.05) is 0 Å². The zero-order chi connectivity index (χ0) is 17.0. The second-order valence-electron chi connectivity index (χ2n) is 5.54. The molecule has 0 saturated heterocycles. The maximum Gasteiger partial charge on any atom is 0.328 e. The van der Waals surface area contributed by atoms with Crippen molar-refractivity contribution in [2.24, 2.45) is 0 Å². The minimum atomic E-state index is -0.994. The van der Waals surface area contributed by atoms with Crippen molar-refractivity contribution >= 4 is 11.9 Å². The number of hydrogen-bond acceptors (Lipinski definition) is 3. The van der Waals surface area contributed by atoms with Crippen LogP contribution < -0.4 is 5.32 Å². The van der Waals surface area contributed by atoms with E-state index >= 15 is 0 Å². The number of carbonyl (C=O) groups excluding carboxylic acids is 1. The molecule has 2 aromatic rings. The molecule has 0 aliphatic heterocycles. The van der Waals surface area contributed by atoms with Gasteiger partial charge >= 0.3 is 5.97 Å². The number of hydrogen-bond donors (Lipinski definition) is 2. The number of aryl methyl sites for hydroxylation is 1. The normalized spacial score (nSPS) is 13.3. The Labute approximate surface area is 135 Å². The maximum atomic E-state index is 12.3. The first-order chi connectivity index (χ1) is 10.9. The Hall–Kier alpha value is -2.63. The fourth-order valence-corrected chi connectivity index (χ4v) is 2.24. The average molecular weight is 315 g/mol. The fourth-order valence-electron chi connectivity index (χ4n) is 2.24. The number of benzene rings is 1. The van der Waals surface area contributed by atoms with Crippen LogP contribution >= 0.6 is 0 Å². The summed E-state index contributed by atoms with van der Waals surface area (Å²) >= 11 is 0. The second kappa shape index (κ2) is 7.09. The molecule has 1 heterocycles. The summed E-state index contributed by atoms with van der Waals surface area (Å²) in [6, 6.07) is 8.61. The highest BCUT2D eigenvalue weighted by atomic mass is 16.4. The summed E-state index contributed by atoms with van der Waals surface area (Å²) in [5, 5.41) is 16.0. The summed E-state index contributed by atoms with van der Waals surface area (Å²) in [5.74, 6) is -1.31. The Morgan fingerprint density at radius 1 is 1.26 bits per heavy atom. The molecule has 1 aromatic heterocycles.